The number of carbonyl (C=O) groups excluding carboxylic acids is 1. The molecule has 1 aliphatic carbocycles. The van der Waals surface area contributed by atoms with E-state index in [-0.39, 0.29) is 24.0 Å². The average molecular weight is 315 g/mol. The van der Waals surface area contributed by atoms with Gasteiger partial charge in [-0.3, -0.25) is 14.5 Å². The first kappa shape index (κ1) is 15.7. The molecular formula is C14H16ClFN2O3. The summed E-state index contributed by atoms with van der Waals surface area (Å²) in [5, 5.41) is 11.4. The standard InChI is InChI=1S/C14H16ClFN2O3/c15-11-5-10(3-4-12(11)16)17-13(19)7-18(8-14(20)21)6-9-1-2-9/h3-5,9H,1-2,6-8H2,(H,17,19)(H,20,21). The molecule has 1 aliphatic rings. The topological polar surface area (TPSA) is 69.6 Å². The number of halogens is 2. The predicted octanol–water partition coefficient (Wildman–Crippen LogP) is 2.21. The number of rotatable bonds is 7. The summed E-state index contributed by atoms with van der Waals surface area (Å²) in [6.07, 6.45) is 2.15. The van der Waals surface area contributed by atoms with Gasteiger partial charge in [-0.2, -0.15) is 0 Å². The van der Waals surface area contributed by atoms with E-state index in [1.165, 1.54) is 12.1 Å². The number of hydrogen-bond donors (Lipinski definition) is 2. The third kappa shape index (κ3) is 5.32. The summed E-state index contributed by atoms with van der Waals surface area (Å²) in [5.74, 6) is -1.39. The van der Waals surface area contributed by atoms with Crippen LogP contribution in [0, 0.1) is 11.7 Å². The molecule has 0 unspecified atom stereocenters. The highest BCUT2D eigenvalue weighted by Crippen LogP contribution is 2.29. The van der Waals surface area contributed by atoms with Gasteiger partial charge >= 0.3 is 5.97 Å². The molecule has 0 aliphatic heterocycles. The number of carboxylic acid groups (broad SMARTS) is 1. The fourth-order valence-corrected chi connectivity index (χ4v) is 2.20. The van der Waals surface area contributed by atoms with Crippen LogP contribution < -0.4 is 5.32 Å². The van der Waals surface area contributed by atoms with Crippen molar-refractivity contribution in [2.24, 2.45) is 5.92 Å². The third-order valence-electron chi connectivity index (χ3n) is 3.14. The van der Waals surface area contributed by atoms with Gasteiger partial charge in [0.05, 0.1) is 18.1 Å². The van der Waals surface area contributed by atoms with Gasteiger partial charge in [0.15, 0.2) is 0 Å². The van der Waals surface area contributed by atoms with Crippen molar-refractivity contribution in [1.29, 1.82) is 0 Å². The molecule has 2 rings (SSSR count). The second kappa shape index (κ2) is 6.87. The first-order valence-electron chi connectivity index (χ1n) is 6.63. The number of carboxylic acids is 1. The molecule has 0 spiro atoms. The van der Waals surface area contributed by atoms with Gasteiger partial charge in [0.1, 0.15) is 5.82 Å². The lowest BCUT2D eigenvalue weighted by Crippen LogP contribution is -2.38. The molecule has 1 aromatic carbocycles. The van der Waals surface area contributed by atoms with E-state index in [1.807, 2.05) is 0 Å². The Kier molecular flexibility index (Phi) is 5.14. The van der Waals surface area contributed by atoms with Crippen LogP contribution in [0.2, 0.25) is 5.02 Å². The van der Waals surface area contributed by atoms with Crippen LogP contribution in [-0.2, 0) is 9.59 Å². The Bertz CT molecular complexity index is 549. The van der Waals surface area contributed by atoms with Crippen LogP contribution in [0.15, 0.2) is 18.2 Å². The van der Waals surface area contributed by atoms with Crippen LogP contribution in [0.25, 0.3) is 0 Å². The van der Waals surface area contributed by atoms with E-state index < -0.39 is 11.8 Å². The highest BCUT2D eigenvalue weighted by Gasteiger charge is 2.26. The zero-order valence-electron chi connectivity index (χ0n) is 11.3. The summed E-state index contributed by atoms with van der Waals surface area (Å²) in [6, 6.07) is 3.88. The molecule has 0 bridgehead atoms. The Morgan fingerprint density at radius 3 is 2.67 bits per heavy atom. The van der Waals surface area contributed by atoms with Crippen LogP contribution >= 0.6 is 11.6 Å². The summed E-state index contributed by atoms with van der Waals surface area (Å²) in [5.41, 5.74) is 0.382. The van der Waals surface area contributed by atoms with Crippen LogP contribution in [0.5, 0.6) is 0 Å². The van der Waals surface area contributed by atoms with E-state index in [9.17, 15) is 14.0 Å². The summed E-state index contributed by atoms with van der Waals surface area (Å²) >= 11 is 5.63. The zero-order valence-corrected chi connectivity index (χ0v) is 12.1. The van der Waals surface area contributed by atoms with E-state index >= 15 is 0 Å². The Morgan fingerprint density at radius 1 is 1.38 bits per heavy atom. The van der Waals surface area contributed by atoms with E-state index in [1.54, 1.807) is 4.90 Å². The van der Waals surface area contributed by atoms with E-state index in [0.717, 1.165) is 18.9 Å². The van der Waals surface area contributed by atoms with Crippen molar-refractivity contribution in [3.63, 3.8) is 0 Å². The first-order chi connectivity index (χ1) is 9.94. The van der Waals surface area contributed by atoms with Crippen molar-refractivity contribution >= 4 is 29.2 Å². The van der Waals surface area contributed by atoms with Crippen LogP contribution in [0.3, 0.4) is 0 Å². The van der Waals surface area contributed by atoms with Gasteiger partial charge in [0.2, 0.25) is 5.91 Å². The van der Waals surface area contributed by atoms with Gasteiger partial charge < -0.3 is 10.4 Å². The minimum Gasteiger partial charge on any atom is -0.480 e. The molecule has 21 heavy (non-hydrogen) atoms. The maximum atomic E-state index is 13.0. The van der Waals surface area contributed by atoms with Crippen molar-refractivity contribution in [3.8, 4) is 0 Å². The number of aliphatic carboxylic acids is 1. The SMILES string of the molecule is O=C(O)CN(CC(=O)Nc1ccc(F)c(Cl)c1)CC1CC1. The summed E-state index contributed by atoms with van der Waals surface area (Å²) < 4.78 is 13.0. The molecule has 0 saturated heterocycles. The van der Waals surface area contributed by atoms with Crippen LogP contribution in [-0.4, -0.2) is 41.5 Å². The molecular weight excluding hydrogens is 299 g/mol. The van der Waals surface area contributed by atoms with Gasteiger partial charge in [-0.1, -0.05) is 11.6 Å². The first-order valence-corrected chi connectivity index (χ1v) is 7.01. The zero-order chi connectivity index (χ0) is 15.4. The van der Waals surface area contributed by atoms with E-state index in [0.29, 0.717) is 18.2 Å². The van der Waals surface area contributed by atoms with Crippen molar-refractivity contribution < 1.29 is 19.1 Å². The number of anilines is 1. The molecule has 0 aromatic heterocycles. The van der Waals surface area contributed by atoms with Crippen LogP contribution in [0.1, 0.15) is 12.8 Å². The second-order valence-corrected chi connectivity index (χ2v) is 5.59. The van der Waals surface area contributed by atoms with Crippen LogP contribution in [0.4, 0.5) is 10.1 Å². The lowest BCUT2D eigenvalue weighted by atomic mass is 10.3. The fourth-order valence-electron chi connectivity index (χ4n) is 2.02. The smallest absolute Gasteiger partial charge is 0.317 e. The van der Waals surface area contributed by atoms with Gasteiger partial charge in [-0.15, -0.1) is 0 Å². The molecule has 0 radical (unpaired) electrons. The predicted molar refractivity (Wildman–Crippen MR) is 76.8 cm³/mol. The molecule has 114 valence electrons. The van der Waals surface area contributed by atoms with Crippen molar-refractivity contribution in [2.45, 2.75) is 12.8 Å². The number of amides is 1. The monoisotopic (exact) mass is 314 g/mol. The number of carbonyl (C=O) groups is 2. The molecule has 5 nitrogen and oxygen atoms in total. The van der Waals surface area contributed by atoms with Crippen molar-refractivity contribution in [3.05, 3.63) is 29.0 Å². The Labute approximate surface area is 126 Å². The van der Waals surface area contributed by atoms with Gasteiger partial charge in [0.25, 0.3) is 0 Å². The Balaban J connectivity index is 1.90. The van der Waals surface area contributed by atoms with Gasteiger partial charge in [-0.25, -0.2) is 4.39 Å². The van der Waals surface area contributed by atoms with Gasteiger partial charge in [-0.05, 0) is 37.0 Å². The number of nitrogens with zero attached hydrogens (tertiary/aromatic N) is 1. The molecule has 0 heterocycles. The average Bonchev–Trinajstić information content (AvgIpc) is 3.16. The minimum atomic E-state index is -0.965. The molecule has 1 fully saturated rings. The summed E-state index contributed by atoms with van der Waals surface area (Å²) in [6.45, 7) is 0.412. The second-order valence-electron chi connectivity index (χ2n) is 5.18. The summed E-state index contributed by atoms with van der Waals surface area (Å²) in [4.78, 5) is 24.3. The number of hydrogen-bond acceptors (Lipinski definition) is 3. The largest absolute Gasteiger partial charge is 0.480 e. The maximum absolute atomic E-state index is 13.0. The highest BCUT2D eigenvalue weighted by atomic mass is 35.5. The Hall–Kier alpha value is -1.66. The lowest BCUT2D eigenvalue weighted by Gasteiger charge is -2.19. The van der Waals surface area contributed by atoms with Crippen molar-refractivity contribution in [2.75, 3.05) is 25.0 Å². The molecule has 1 aromatic rings. The fraction of sp³-hybridized carbons (Fsp3) is 0.429. The number of nitrogens with one attached hydrogen (secondary N) is 1. The summed E-state index contributed by atoms with van der Waals surface area (Å²) in [7, 11) is 0. The minimum absolute atomic E-state index is 0.0161. The normalized spacial score (nSPS) is 14.2. The molecule has 7 heteroatoms. The van der Waals surface area contributed by atoms with E-state index in [2.05, 4.69) is 5.32 Å². The maximum Gasteiger partial charge on any atom is 0.317 e. The molecule has 0 atom stereocenters. The molecule has 1 amide bonds. The lowest BCUT2D eigenvalue weighted by molar-refractivity contribution is -0.138. The quantitative estimate of drug-likeness (QED) is 0.809. The van der Waals surface area contributed by atoms with Crippen molar-refractivity contribution in [1.82, 2.24) is 4.90 Å². The molecule has 1 saturated carbocycles. The molecule has 2 N–H and O–H groups in total. The number of benzene rings is 1. The highest BCUT2D eigenvalue weighted by molar-refractivity contribution is 6.31. The third-order valence-corrected chi connectivity index (χ3v) is 3.43. The van der Waals surface area contributed by atoms with E-state index in [4.69, 9.17) is 16.7 Å². The Morgan fingerprint density at radius 2 is 2.10 bits per heavy atom. The van der Waals surface area contributed by atoms with Gasteiger partial charge in [0, 0.05) is 12.2 Å².